The highest BCUT2D eigenvalue weighted by Crippen LogP contribution is 2.15. The van der Waals surface area contributed by atoms with Gasteiger partial charge in [-0.3, -0.25) is 9.59 Å². The van der Waals surface area contributed by atoms with Crippen molar-refractivity contribution in [3.63, 3.8) is 0 Å². The molecule has 3 aromatic rings. The standard InChI is InChI=1S/C29H37N3O2/c1-5-6-11-24-15-17-26(18-16-24)29(34)32(23(2)3)22-28(33)31(20-25-12-8-7-9-13-25)21-27-14-10-19-30(27)4/h7-10,12-19,23H,5-6,11,20-22H2,1-4H3. The average Bonchev–Trinajstić information content (AvgIpc) is 3.25. The summed E-state index contributed by atoms with van der Waals surface area (Å²) in [4.78, 5) is 30.4. The molecule has 5 nitrogen and oxygen atoms in total. The molecule has 2 aromatic carbocycles. The van der Waals surface area contributed by atoms with Crippen LogP contribution in [0.3, 0.4) is 0 Å². The quantitative estimate of drug-likeness (QED) is 0.383. The number of carbonyl (C=O) groups excluding carboxylic acids is 2. The largest absolute Gasteiger partial charge is 0.353 e. The number of rotatable bonds is 11. The summed E-state index contributed by atoms with van der Waals surface area (Å²) >= 11 is 0. The Labute approximate surface area is 204 Å². The summed E-state index contributed by atoms with van der Waals surface area (Å²) in [5.41, 5.74) is 3.98. The van der Waals surface area contributed by atoms with Crippen molar-refractivity contribution in [1.29, 1.82) is 0 Å². The summed E-state index contributed by atoms with van der Waals surface area (Å²) in [5.74, 6) is -0.171. The summed E-state index contributed by atoms with van der Waals surface area (Å²) in [6.07, 6.45) is 5.28. The zero-order valence-electron chi connectivity index (χ0n) is 20.9. The van der Waals surface area contributed by atoms with E-state index >= 15 is 0 Å². The van der Waals surface area contributed by atoms with Crippen molar-refractivity contribution in [2.45, 2.75) is 59.2 Å². The van der Waals surface area contributed by atoms with Gasteiger partial charge in [0.2, 0.25) is 5.91 Å². The Kier molecular flexibility index (Phi) is 9.08. The fourth-order valence-electron chi connectivity index (χ4n) is 3.99. The molecule has 0 aliphatic rings. The van der Waals surface area contributed by atoms with Crippen LogP contribution >= 0.6 is 0 Å². The van der Waals surface area contributed by atoms with E-state index in [4.69, 9.17) is 0 Å². The van der Waals surface area contributed by atoms with Crippen LogP contribution in [0.2, 0.25) is 0 Å². The fraction of sp³-hybridized carbons (Fsp3) is 0.379. The van der Waals surface area contributed by atoms with E-state index in [2.05, 4.69) is 6.92 Å². The molecule has 180 valence electrons. The zero-order valence-corrected chi connectivity index (χ0v) is 20.9. The van der Waals surface area contributed by atoms with E-state index in [1.165, 1.54) is 5.56 Å². The molecule has 0 spiro atoms. The Bertz CT molecular complexity index is 1050. The zero-order chi connectivity index (χ0) is 24.5. The van der Waals surface area contributed by atoms with Crippen molar-refractivity contribution in [2.24, 2.45) is 7.05 Å². The molecule has 0 saturated carbocycles. The van der Waals surface area contributed by atoms with Crippen molar-refractivity contribution >= 4 is 11.8 Å². The van der Waals surface area contributed by atoms with Crippen molar-refractivity contribution in [1.82, 2.24) is 14.4 Å². The summed E-state index contributed by atoms with van der Waals surface area (Å²) in [5, 5.41) is 0. The summed E-state index contributed by atoms with van der Waals surface area (Å²) in [6, 6.07) is 21.7. The Morgan fingerprint density at radius 1 is 0.882 bits per heavy atom. The van der Waals surface area contributed by atoms with Crippen molar-refractivity contribution in [2.75, 3.05) is 6.54 Å². The minimum Gasteiger partial charge on any atom is -0.353 e. The SMILES string of the molecule is CCCCc1ccc(C(=O)N(CC(=O)N(Cc2ccccc2)Cc2cccn2C)C(C)C)cc1. The second-order valence-electron chi connectivity index (χ2n) is 9.17. The van der Waals surface area contributed by atoms with Gasteiger partial charge in [0.15, 0.2) is 0 Å². The minimum absolute atomic E-state index is 0.0470. The molecule has 0 fully saturated rings. The van der Waals surface area contributed by atoms with E-state index in [1.807, 2.05) is 103 Å². The van der Waals surface area contributed by atoms with E-state index < -0.39 is 0 Å². The van der Waals surface area contributed by atoms with Crippen LogP contribution in [0.25, 0.3) is 0 Å². The number of carbonyl (C=O) groups is 2. The number of aromatic nitrogens is 1. The van der Waals surface area contributed by atoms with Crippen molar-refractivity contribution < 1.29 is 9.59 Å². The molecule has 0 aliphatic heterocycles. The van der Waals surface area contributed by atoms with Gasteiger partial charge in [-0.2, -0.15) is 0 Å². The van der Waals surface area contributed by atoms with E-state index in [9.17, 15) is 9.59 Å². The molecule has 0 atom stereocenters. The molecule has 2 amide bonds. The van der Waals surface area contributed by atoms with E-state index in [-0.39, 0.29) is 24.4 Å². The number of hydrogen-bond donors (Lipinski definition) is 0. The summed E-state index contributed by atoms with van der Waals surface area (Å²) < 4.78 is 2.02. The normalized spacial score (nSPS) is 11.0. The van der Waals surface area contributed by atoms with Crippen LogP contribution in [0.5, 0.6) is 0 Å². The van der Waals surface area contributed by atoms with Crippen LogP contribution in [-0.2, 0) is 31.4 Å². The smallest absolute Gasteiger partial charge is 0.254 e. The van der Waals surface area contributed by atoms with Crippen molar-refractivity contribution in [3.8, 4) is 0 Å². The molecule has 0 saturated heterocycles. The molecule has 5 heteroatoms. The number of nitrogens with zero attached hydrogens (tertiary/aromatic N) is 3. The summed E-state index contributed by atoms with van der Waals surface area (Å²) in [7, 11) is 1.98. The van der Waals surface area contributed by atoms with E-state index in [0.29, 0.717) is 18.7 Å². The lowest BCUT2D eigenvalue weighted by atomic mass is 10.1. The molecule has 3 rings (SSSR count). The molecule has 34 heavy (non-hydrogen) atoms. The molecule has 1 aromatic heterocycles. The number of hydrogen-bond acceptors (Lipinski definition) is 2. The van der Waals surface area contributed by atoms with Gasteiger partial charge in [0.05, 0.1) is 6.54 Å². The van der Waals surface area contributed by atoms with Crippen LogP contribution in [0, 0.1) is 0 Å². The predicted octanol–water partition coefficient (Wildman–Crippen LogP) is 5.45. The first kappa shape index (κ1) is 25.3. The van der Waals surface area contributed by atoms with E-state index in [1.54, 1.807) is 4.90 Å². The Morgan fingerprint density at radius 3 is 2.18 bits per heavy atom. The van der Waals surface area contributed by atoms with Gasteiger partial charge in [0, 0.05) is 37.1 Å². The monoisotopic (exact) mass is 459 g/mol. The van der Waals surface area contributed by atoms with Gasteiger partial charge < -0.3 is 14.4 Å². The van der Waals surface area contributed by atoms with Gasteiger partial charge in [-0.15, -0.1) is 0 Å². The molecule has 0 unspecified atom stereocenters. The molecular formula is C29H37N3O2. The third-order valence-electron chi connectivity index (χ3n) is 6.18. The highest BCUT2D eigenvalue weighted by Gasteiger charge is 2.25. The average molecular weight is 460 g/mol. The fourth-order valence-corrected chi connectivity index (χ4v) is 3.99. The second-order valence-corrected chi connectivity index (χ2v) is 9.17. The van der Waals surface area contributed by atoms with Crippen molar-refractivity contribution in [3.05, 3.63) is 95.3 Å². The molecule has 0 N–H and O–H groups in total. The number of unbranched alkanes of at least 4 members (excludes halogenated alkanes) is 1. The van der Waals surface area contributed by atoms with E-state index in [0.717, 1.165) is 30.5 Å². The number of amides is 2. The van der Waals surface area contributed by atoms with Gasteiger partial charge in [-0.1, -0.05) is 55.8 Å². The van der Waals surface area contributed by atoms with Gasteiger partial charge >= 0.3 is 0 Å². The second kappa shape index (κ2) is 12.2. The Hall–Kier alpha value is -3.34. The Morgan fingerprint density at radius 2 is 1.59 bits per heavy atom. The molecule has 1 heterocycles. The van der Waals surface area contributed by atoms with Crippen LogP contribution < -0.4 is 0 Å². The van der Waals surface area contributed by atoms with Gasteiger partial charge in [-0.05, 0) is 62.1 Å². The van der Waals surface area contributed by atoms with Crippen LogP contribution in [0.4, 0.5) is 0 Å². The van der Waals surface area contributed by atoms with Gasteiger partial charge in [-0.25, -0.2) is 0 Å². The molecule has 0 aliphatic carbocycles. The van der Waals surface area contributed by atoms with Crippen LogP contribution in [0.15, 0.2) is 72.9 Å². The van der Waals surface area contributed by atoms with Crippen LogP contribution in [0.1, 0.15) is 60.8 Å². The maximum absolute atomic E-state index is 13.5. The topological polar surface area (TPSA) is 45.6 Å². The Balaban J connectivity index is 1.77. The first-order valence-corrected chi connectivity index (χ1v) is 12.2. The molecular weight excluding hydrogens is 422 g/mol. The highest BCUT2D eigenvalue weighted by molar-refractivity contribution is 5.96. The minimum atomic E-state index is -0.107. The lowest BCUT2D eigenvalue weighted by Gasteiger charge is -2.30. The first-order chi connectivity index (χ1) is 16.4. The maximum Gasteiger partial charge on any atom is 0.254 e. The third-order valence-corrected chi connectivity index (χ3v) is 6.18. The molecule has 0 radical (unpaired) electrons. The molecule has 0 bridgehead atoms. The third kappa shape index (κ3) is 6.83. The number of aryl methyl sites for hydroxylation is 2. The summed E-state index contributed by atoms with van der Waals surface area (Å²) in [6.45, 7) is 7.12. The predicted molar refractivity (Wildman–Crippen MR) is 137 cm³/mol. The first-order valence-electron chi connectivity index (χ1n) is 12.2. The highest BCUT2D eigenvalue weighted by atomic mass is 16.2. The van der Waals surface area contributed by atoms with Crippen LogP contribution in [-0.4, -0.2) is 38.8 Å². The van der Waals surface area contributed by atoms with Gasteiger partial charge in [0.1, 0.15) is 6.54 Å². The maximum atomic E-state index is 13.5. The number of benzene rings is 2. The lowest BCUT2D eigenvalue weighted by molar-refractivity contribution is -0.133. The lowest BCUT2D eigenvalue weighted by Crippen LogP contribution is -2.45. The van der Waals surface area contributed by atoms with Gasteiger partial charge in [0.25, 0.3) is 5.91 Å².